The average Bonchev–Trinajstić information content (AvgIpc) is 2.78. The monoisotopic (exact) mass is 410 g/mol. The third kappa shape index (κ3) is 6.95. The van der Waals surface area contributed by atoms with Gasteiger partial charge in [0.05, 0.1) is 19.3 Å². The van der Waals surface area contributed by atoms with E-state index in [1.165, 1.54) is 5.56 Å². The summed E-state index contributed by atoms with van der Waals surface area (Å²) in [5.74, 6) is -0.355. The Hall–Kier alpha value is -2.74. The van der Waals surface area contributed by atoms with Crippen LogP contribution in [0.2, 0.25) is 0 Å². The average molecular weight is 411 g/mol. The van der Waals surface area contributed by atoms with Crippen molar-refractivity contribution < 1.29 is 14.3 Å². The molecule has 1 unspecified atom stereocenters. The Morgan fingerprint density at radius 2 is 1.63 bits per heavy atom. The normalized spacial score (nSPS) is 15.4. The van der Waals surface area contributed by atoms with Crippen LogP contribution in [-0.2, 0) is 29.2 Å². The minimum absolute atomic E-state index is 0.355. The molecule has 1 fully saturated rings. The Morgan fingerprint density at radius 1 is 0.967 bits per heavy atom. The summed E-state index contributed by atoms with van der Waals surface area (Å²) in [7, 11) is 0. The number of imide groups is 1. The number of morpholine rings is 1. The SMILES string of the molecule is CC(NCc1ccccc1CN1CCOCC1)C(=O)NC(=O)NCc1ccccc1. The van der Waals surface area contributed by atoms with E-state index in [1.807, 2.05) is 42.5 Å². The Kier molecular flexibility index (Phi) is 8.38. The first kappa shape index (κ1) is 22.0. The molecule has 1 aliphatic heterocycles. The van der Waals surface area contributed by atoms with Crippen molar-refractivity contribution in [3.05, 3.63) is 71.3 Å². The van der Waals surface area contributed by atoms with Gasteiger partial charge in [0.15, 0.2) is 0 Å². The third-order valence-corrected chi connectivity index (χ3v) is 5.14. The summed E-state index contributed by atoms with van der Waals surface area (Å²) in [6.45, 7) is 6.94. The van der Waals surface area contributed by atoms with Gasteiger partial charge < -0.3 is 15.4 Å². The maximum Gasteiger partial charge on any atom is 0.321 e. The molecule has 2 aromatic rings. The number of hydrogen-bond acceptors (Lipinski definition) is 5. The van der Waals surface area contributed by atoms with E-state index in [0.29, 0.717) is 13.1 Å². The summed E-state index contributed by atoms with van der Waals surface area (Å²) in [6, 6.07) is 16.8. The predicted molar refractivity (Wildman–Crippen MR) is 116 cm³/mol. The molecule has 0 aromatic heterocycles. The van der Waals surface area contributed by atoms with Crippen LogP contribution < -0.4 is 16.0 Å². The molecule has 1 atom stereocenters. The van der Waals surface area contributed by atoms with Gasteiger partial charge >= 0.3 is 6.03 Å². The number of nitrogens with zero attached hydrogens (tertiary/aromatic N) is 1. The smallest absolute Gasteiger partial charge is 0.321 e. The molecule has 7 heteroatoms. The summed E-state index contributed by atoms with van der Waals surface area (Å²) in [5.41, 5.74) is 3.36. The zero-order chi connectivity index (χ0) is 21.2. The number of ether oxygens (including phenoxy) is 1. The quantitative estimate of drug-likeness (QED) is 0.620. The molecule has 3 rings (SSSR count). The Balaban J connectivity index is 1.44. The second-order valence-electron chi connectivity index (χ2n) is 7.42. The van der Waals surface area contributed by atoms with Gasteiger partial charge in [0, 0.05) is 32.7 Å². The Labute approximate surface area is 177 Å². The molecule has 0 aliphatic carbocycles. The van der Waals surface area contributed by atoms with Crippen molar-refractivity contribution in [1.82, 2.24) is 20.9 Å². The van der Waals surface area contributed by atoms with Crippen LogP contribution in [0, 0.1) is 0 Å². The van der Waals surface area contributed by atoms with Gasteiger partial charge in [0.2, 0.25) is 5.91 Å². The number of benzene rings is 2. The van der Waals surface area contributed by atoms with Crippen LogP contribution >= 0.6 is 0 Å². The first-order chi connectivity index (χ1) is 14.6. The molecule has 1 saturated heterocycles. The second-order valence-corrected chi connectivity index (χ2v) is 7.42. The maximum atomic E-state index is 12.3. The van der Waals surface area contributed by atoms with Crippen molar-refractivity contribution in [2.24, 2.45) is 0 Å². The molecular formula is C23H30N4O3. The van der Waals surface area contributed by atoms with Gasteiger partial charge in [-0.05, 0) is 23.6 Å². The lowest BCUT2D eigenvalue weighted by Crippen LogP contribution is -2.47. The molecule has 7 nitrogen and oxygen atoms in total. The summed E-state index contributed by atoms with van der Waals surface area (Å²) < 4.78 is 5.42. The van der Waals surface area contributed by atoms with E-state index in [9.17, 15) is 9.59 Å². The van der Waals surface area contributed by atoms with Gasteiger partial charge in [-0.25, -0.2) is 4.79 Å². The van der Waals surface area contributed by atoms with E-state index in [2.05, 4.69) is 33.0 Å². The van der Waals surface area contributed by atoms with Crippen molar-refractivity contribution in [3.63, 3.8) is 0 Å². The van der Waals surface area contributed by atoms with Gasteiger partial charge in [0.1, 0.15) is 0 Å². The van der Waals surface area contributed by atoms with Crippen LogP contribution in [0.1, 0.15) is 23.6 Å². The molecule has 0 spiro atoms. The van der Waals surface area contributed by atoms with E-state index in [0.717, 1.165) is 44.0 Å². The van der Waals surface area contributed by atoms with Gasteiger partial charge in [-0.3, -0.25) is 15.0 Å². The van der Waals surface area contributed by atoms with Gasteiger partial charge in [0.25, 0.3) is 0 Å². The summed E-state index contributed by atoms with van der Waals surface area (Å²) in [4.78, 5) is 26.7. The lowest BCUT2D eigenvalue weighted by Gasteiger charge is -2.27. The number of amides is 3. The summed E-state index contributed by atoms with van der Waals surface area (Å²) in [6.07, 6.45) is 0. The predicted octanol–water partition coefficient (Wildman–Crippen LogP) is 2.02. The molecule has 3 N–H and O–H groups in total. The van der Waals surface area contributed by atoms with Crippen LogP contribution in [0.4, 0.5) is 4.79 Å². The molecule has 0 radical (unpaired) electrons. The fraction of sp³-hybridized carbons (Fsp3) is 0.391. The first-order valence-corrected chi connectivity index (χ1v) is 10.3. The highest BCUT2D eigenvalue weighted by atomic mass is 16.5. The number of carbonyl (C=O) groups is 2. The number of nitrogens with one attached hydrogen (secondary N) is 3. The van der Waals surface area contributed by atoms with Crippen LogP contribution in [0.25, 0.3) is 0 Å². The minimum Gasteiger partial charge on any atom is -0.379 e. The number of rotatable bonds is 8. The van der Waals surface area contributed by atoms with Crippen molar-refractivity contribution in [3.8, 4) is 0 Å². The highest BCUT2D eigenvalue weighted by Crippen LogP contribution is 2.13. The van der Waals surface area contributed by atoms with Crippen LogP contribution in [0.5, 0.6) is 0 Å². The molecule has 2 aromatic carbocycles. The zero-order valence-electron chi connectivity index (χ0n) is 17.4. The van der Waals surface area contributed by atoms with Gasteiger partial charge in [-0.1, -0.05) is 54.6 Å². The fourth-order valence-corrected chi connectivity index (χ4v) is 3.28. The van der Waals surface area contributed by atoms with Crippen molar-refractivity contribution >= 4 is 11.9 Å². The largest absolute Gasteiger partial charge is 0.379 e. The summed E-state index contributed by atoms with van der Waals surface area (Å²) >= 11 is 0. The molecule has 1 aliphatic rings. The molecule has 0 bridgehead atoms. The minimum atomic E-state index is -0.496. The van der Waals surface area contributed by atoms with E-state index in [-0.39, 0.29) is 5.91 Å². The summed E-state index contributed by atoms with van der Waals surface area (Å²) in [5, 5.41) is 8.31. The van der Waals surface area contributed by atoms with Gasteiger partial charge in [-0.2, -0.15) is 0 Å². The highest BCUT2D eigenvalue weighted by molar-refractivity contribution is 5.96. The van der Waals surface area contributed by atoms with E-state index in [1.54, 1.807) is 6.92 Å². The maximum absolute atomic E-state index is 12.3. The van der Waals surface area contributed by atoms with Crippen molar-refractivity contribution in [2.75, 3.05) is 26.3 Å². The first-order valence-electron chi connectivity index (χ1n) is 10.3. The Morgan fingerprint density at radius 3 is 2.37 bits per heavy atom. The molecule has 0 saturated carbocycles. The van der Waals surface area contributed by atoms with E-state index < -0.39 is 12.1 Å². The van der Waals surface area contributed by atoms with Crippen LogP contribution in [-0.4, -0.2) is 49.2 Å². The number of carbonyl (C=O) groups excluding carboxylic acids is 2. The topological polar surface area (TPSA) is 82.7 Å². The molecule has 1 heterocycles. The second kappa shape index (κ2) is 11.4. The van der Waals surface area contributed by atoms with Crippen molar-refractivity contribution in [2.45, 2.75) is 32.6 Å². The van der Waals surface area contributed by atoms with E-state index >= 15 is 0 Å². The van der Waals surface area contributed by atoms with Crippen LogP contribution in [0.3, 0.4) is 0 Å². The fourth-order valence-electron chi connectivity index (χ4n) is 3.28. The lowest BCUT2D eigenvalue weighted by atomic mass is 10.1. The lowest BCUT2D eigenvalue weighted by molar-refractivity contribution is -0.121. The van der Waals surface area contributed by atoms with Gasteiger partial charge in [-0.15, -0.1) is 0 Å². The third-order valence-electron chi connectivity index (χ3n) is 5.14. The molecular weight excluding hydrogens is 380 g/mol. The number of hydrogen-bond donors (Lipinski definition) is 3. The molecule has 160 valence electrons. The van der Waals surface area contributed by atoms with Crippen LogP contribution in [0.15, 0.2) is 54.6 Å². The molecule has 3 amide bonds. The highest BCUT2D eigenvalue weighted by Gasteiger charge is 2.17. The van der Waals surface area contributed by atoms with E-state index in [4.69, 9.17) is 4.74 Å². The standard InChI is InChI=1S/C23H30N4O3/c1-18(22(28)26-23(29)25-15-19-7-3-2-4-8-19)24-16-20-9-5-6-10-21(20)17-27-11-13-30-14-12-27/h2-10,18,24H,11-17H2,1H3,(H2,25,26,28,29). The number of urea groups is 1. The molecule has 30 heavy (non-hydrogen) atoms. The zero-order valence-corrected chi connectivity index (χ0v) is 17.4. The Bertz CT molecular complexity index is 822. The van der Waals surface area contributed by atoms with Crippen molar-refractivity contribution in [1.29, 1.82) is 0 Å².